The Morgan fingerprint density at radius 2 is 1.28 bits per heavy atom. The lowest BCUT2D eigenvalue weighted by atomic mass is 9.81. The molecule has 1 aromatic rings. The molecule has 2 aliphatic rings. The molecule has 0 bridgehead atoms. The van der Waals surface area contributed by atoms with E-state index in [1.165, 1.54) is 12.8 Å². The van der Waals surface area contributed by atoms with E-state index in [1.807, 2.05) is 6.92 Å². The van der Waals surface area contributed by atoms with Crippen molar-refractivity contribution < 1.29 is 19.1 Å². The van der Waals surface area contributed by atoms with Crippen LogP contribution in [0.1, 0.15) is 83.6 Å². The molecule has 3 rings (SSSR count). The van der Waals surface area contributed by atoms with E-state index in [0.29, 0.717) is 11.5 Å². The van der Waals surface area contributed by atoms with Gasteiger partial charge in [0.05, 0.1) is 11.8 Å². The number of carbonyl (C=O) groups is 2. The molecule has 0 atom stereocenters. The van der Waals surface area contributed by atoms with Crippen LogP contribution in [0.3, 0.4) is 0 Å². The largest absolute Gasteiger partial charge is 0.426 e. The number of hydrogen-bond donors (Lipinski definition) is 0. The van der Waals surface area contributed by atoms with Gasteiger partial charge in [-0.2, -0.15) is 0 Å². The van der Waals surface area contributed by atoms with Crippen LogP contribution < -0.4 is 9.47 Å². The van der Waals surface area contributed by atoms with Gasteiger partial charge in [0.25, 0.3) is 0 Å². The monoisotopic (exact) mass is 400 g/mol. The lowest BCUT2D eigenvalue weighted by Crippen LogP contribution is -2.26. The van der Waals surface area contributed by atoms with Crippen LogP contribution in [-0.4, -0.2) is 11.9 Å². The van der Waals surface area contributed by atoms with E-state index in [0.717, 1.165) is 68.8 Å². The molecule has 0 amide bonds. The van der Waals surface area contributed by atoms with Gasteiger partial charge in [-0.15, -0.1) is 0 Å². The summed E-state index contributed by atoms with van der Waals surface area (Å²) < 4.78 is 11.3. The topological polar surface area (TPSA) is 52.6 Å². The number of ether oxygens (including phenoxy) is 2. The standard InChI is InChI=1S/C25H36O4/c1-4-18-6-10-20(11-7-18)24(26)28-22-14-15-23(17(3)16-22)29-25(27)21-12-8-19(5-2)9-13-21/h14-16,18-21H,4-13H2,1-3H3. The highest BCUT2D eigenvalue weighted by Crippen LogP contribution is 2.34. The molecule has 2 fully saturated rings. The molecule has 0 saturated heterocycles. The van der Waals surface area contributed by atoms with Crippen molar-refractivity contribution in [3.8, 4) is 11.5 Å². The molecule has 0 aliphatic heterocycles. The van der Waals surface area contributed by atoms with E-state index < -0.39 is 0 Å². The van der Waals surface area contributed by atoms with E-state index in [1.54, 1.807) is 18.2 Å². The van der Waals surface area contributed by atoms with Crippen LogP contribution in [0.2, 0.25) is 0 Å². The van der Waals surface area contributed by atoms with Crippen molar-refractivity contribution in [1.82, 2.24) is 0 Å². The van der Waals surface area contributed by atoms with Crippen LogP contribution in [0.25, 0.3) is 0 Å². The summed E-state index contributed by atoms with van der Waals surface area (Å²) in [5.74, 6) is 2.38. The molecule has 1 aromatic carbocycles. The van der Waals surface area contributed by atoms with Crippen molar-refractivity contribution in [3.63, 3.8) is 0 Å². The SMILES string of the molecule is CCC1CCC(C(=O)Oc2ccc(OC(=O)C3CCC(CC)CC3)c(C)c2)CC1. The Bertz CT molecular complexity index is 695. The second-order valence-electron chi connectivity index (χ2n) is 9.02. The quantitative estimate of drug-likeness (QED) is 0.419. The molecular formula is C25H36O4. The van der Waals surface area contributed by atoms with Crippen molar-refractivity contribution in [1.29, 1.82) is 0 Å². The second-order valence-corrected chi connectivity index (χ2v) is 9.02. The van der Waals surface area contributed by atoms with Gasteiger partial charge in [-0.3, -0.25) is 9.59 Å². The molecule has 0 unspecified atom stereocenters. The molecule has 4 nitrogen and oxygen atoms in total. The first kappa shape index (κ1) is 21.9. The van der Waals surface area contributed by atoms with E-state index >= 15 is 0 Å². The van der Waals surface area contributed by atoms with Crippen molar-refractivity contribution in [2.45, 2.75) is 85.0 Å². The molecule has 0 radical (unpaired) electrons. The number of rotatable bonds is 6. The van der Waals surface area contributed by atoms with E-state index in [9.17, 15) is 9.59 Å². The summed E-state index contributed by atoms with van der Waals surface area (Å²) in [7, 11) is 0. The minimum Gasteiger partial charge on any atom is -0.426 e. The minimum absolute atomic E-state index is 0.00736. The Balaban J connectivity index is 1.52. The molecule has 29 heavy (non-hydrogen) atoms. The average Bonchev–Trinajstić information content (AvgIpc) is 2.75. The van der Waals surface area contributed by atoms with Crippen molar-refractivity contribution in [2.24, 2.45) is 23.7 Å². The smallest absolute Gasteiger partial charge is 0.314 e. The molecular weight excluding hydrogens is 364 g/mol. The number of benzene rings is 1. The van der Waals surface area contributed by atoms with Gasteiger partial charge in [0.15, 0.2) is 0 Å². The summed E-state index contributed by atoms with van der Waals surface area (Å²) in [6.07, 6.45) is 10.5. The van der Waals surface area contributed by atoms with Gasteiger partial charge in [0.2, 0.25) is 0 Å². The van der Waals surface area contributed by atoms with Crippen molar-refractivity contribution in [3.05, 3.63) is 23.8 Å². The van der Waals surface area contributed by atoms with Gasteiger partial charge >= 0.3 is 11.9 Å². The fraction of sp³-hybridized carbons (Fsp3) is 0.680. The highest BCUT2D eigenvalue weighted by atomic mass is 16.5. The Morgan fingerprint density at radius 3 is 1.72 bits per heavy atom. The van der Waals surface area contributed by atoms with Gasteiger partial charge in [-0.05, 0) is 93.9 Å². The van der Waals surface area contributed by atoms with Gasteiger partial charge in [0.1, 0.15) is 11.5 Å². The Hall–Kier alpha value is -1.84. The first-order chi connectivity index (χ1) is 14.0. The summed E-state index contributed by atoms with van der Waals surface area (Å²) in [4.78, 5) is 25.0. The highest BCUT2D eigenvalue weighted by molar-refractivity contribution is 5.76. The first-order valence-electron chi connectivity index (χ1n) is 11.5. The van der Waals surface area contributed by atoms with Gasteiger partial charge in [0, 0.05) is 0 Å². The molecule has 2 saturated carbocycles. The van der Waals surface area contributed by atoms with Crippen molar-refractivity contribution >= 4 is 11.9 Å². The summed E-state index contributed by atoms with van der Waals surface area (Å²) in [6, 6.07) is 5.28. The Morgan fingerprint density at radius 1 is 0.793 bits per heavy atom. The maximum Gasteiger partial charge on any atom is 0.314 e. The molecule has 0 aromatic heterocycles. The van der Waals surface area contributed by atoms with Crippen LogP contribution >= 0.6 is 0 Å². The van der Waals surface area contributed by atoms with Crippen molar-refractivity contribution in [2.75, 3.05) is 0 Å². The highest BCUT2D eigenvalue weighted by Gasteiger charge is 2.28. The molecule has 4 heteroatoms. The maximum atomic E-state index is 12.5. The van der Waals surface area contributed by atoms with Crippen LogP contribution in [0.4, 0.5) is 0 Å². The predicted octanol–water partition coefficient (Wildman–Crippen LogP) is 6.24. The summed E-state index contributed by atoms with van der Waals surface area (Å²) in [6.45, 7) is 6.33. The molecule has 0 spiro atoms. The number of carbonyl (C=O) groups excluding carboxylic acids is 2. The van der Waals surface area contributed by atoms with Crippen LogP contribution in [0.5, 0.6) is 11.5 Å². The molecule has 2 aliphatic carbocycles. The number of aryl methyl sites for hydroxylation is 1. The summed E-state index contributed by atoms with van der Waals surface area (Å²) in [5, 5.41) is 0. The van der Waals surface area contributed by atoms with Gasteiger partial charge < -0.3 is 9.47 Å². The zero-order chi connectivity index (χ0) is 20.8. The fourth-order valence-corrected chi connectivity index (χ4v) is 4.80. The number of hydrogen-bond acceptors (Lipinski definition) is 4. The predicted molar refractivity (Wildman–Crippen MR) is 114 cm³/mol. The third kappa shape index (κ3) is 5.83. The minimum atomic E-state index is -0.128. The van der Waals surface area contributed by atoms with Crippen LogP contribution in [0, 0.1) is 30.6 Å². The van der Waals surface area contributed by atoms with Crippen LogP contribution in [-0.2, 0) is 9.59 Å². The maximum absolute atomic E-state index is 12.5. The first-order valence-corrected chi connectivity index (χ1v) is 11.5. The van der Waals surface area contributed by atoms with E-state index in [-0.39, 0.29) is 23.8 Å². The summed E-state index contributed by atoms with van der Waals surface area (Å²) >= 11 is 0. The third-order valence-electron chi connectivity index (χ3n) is 7.09. The van der Waals surface area contributed by atoms with E-state index in [2.05, 4.69) is 13.8 Å². The molecule has 0 heterocycles. The summed E-state index contributed by atoms with van der Waals surface area (Å²) in [5.41, 5.74) is 0.820. The lowest BCUT2D eigenvalue weighted by molar-refractivity contribution is -0.141. The normalized spacial score (nSPS) is 27.3. The van der Waals surface area contributed by atoms with E-state index in [4.69, 9.17) is 9.47 Å². The molecule has 160 valence electrons. The molecule has 0 N–H and O–H groups in total. The second kappa shape index (κ2) is 10.3. The Kier molecular flexibility index (Phi) is 7.74. The van der Waals surface area contributed by atoms with Crippen LogP contribution in [0.15, 0.2) is 18.2 Å². The zero-order valence-electron chi connectivity index (χ0n) is 18.2. The number of esters is 2. The van der Waals surface area contributed by atoms with Gasteiger partial charge in [-0.1, -0.05) is 26.7 Å². The lowest BCUT2D eigenvalue weighted by Gasteiger charge is -2.26. The fourth-order valence-electron chi connectivity index (χ4n) is 4.80. The Labute approximate surface area is 175 Å². The van der Waals surface area contributed by atoms with Gasteiger partial charge in [-0.25, -0.2) is 0 Å². The third-order valence-corrected chi connectivity index (χ3v) is 7.09. The average molecular weight is 401 g/mol. The zero-order valence-corrected chi connectivity index (χ0v) is 18.2.